The zero-order chi connectivity index (χ0) is 14.1. The number of halogens is 1. The summed E-state index contributed by atoms with van der Waals surface area (Å²) < 4.78 is 1.04. The highest BCUT2D eigenvalue weighted by Crippen LogP contribution is 2.40. The number of aromatic amines is 1. The molecule has 3 nitrogen and oxygen atoms in total. The standard InChI is InChI=1S/C16H18BrNO2/c17-16-15(10-4-2-1-3-5-10)12-7-6-11(14(20)9-19)8-13(12)18-16/h6-8,10,18-19H,1-5,9H2. The van der Waals surface area contributed by atoms with E-state index in [0.717, 1.165) is 10.1 Å². The third-order valence-corrected chi connectivity index (χ3v) is 4.90. The number of rotatable bonds is 3. The minimum Gasteiger partial charge on any atom is -0.388 e. The summed E-state index contributed by atoms with van der Waals surface area (Å²) in [4.78, 5) is 14.9. The number of Topliss-reactive ketones (excluding diaryl/α,β-unsaturated/α-hetero) is 1. The van der Waals surface area contributed by atoms with E-state index in [0.29, 0.717) is 11.5 Å². The van der Waals surface area contributed by atoms with Crippen molar-refractivity contribution >= 4 is 32.6 Å². The van der Waals surface area contributed by atoms with Gasteiger partial charge in [-0.3, -0.25) is 4.79 Å². The molecular formula is C16H18BrNO2. The number of fused-ring (bicyclic) bond motifs is 1. The molecule has 0 spiro atoms. The fourth-order valence-electron chi connectivity index (χ4n) is 3.24. The van der Waals surface area contributed by atoms with Crippen LogP contribution < -0.4 is 0 Å². The van der Waals surface area contributed by atoms with Gasteiger partial charge in [0.15, 0.2) is 5.78 Å². The first kappa shape index (κ1) is 13.8. The second-order valence-corrected chi connectivity index (χ2v) is 6.32. The van der Waals surface area contributed by atoms with E-state index in [-0.39, 0.29) is 5.78 Å². The molecule has 3 rings (SSSR count). The largest absolute Gasteiger partial charge is 0.388 e. The highest BCUT2D eigenvalue weighted by molar-refractivity contribution is 9.10. The molecule has 2 aromatic rings. The molecule has 1 aliphatic carbocycles. The fourth-order valence-corrected chi connectivity index (χ4v) is 3.99. The quantitative estimate of drug-likeness (QED) is 0.827. The molecule has 0 unspecified atom stereocenters. The lowest BCUT2D eigenvalue weighted by Crippen LogP contribution is -2.05. The predicted octanol–water partition coefficient (Wildman–Crippen LogP) is 4.15. The monoisotopic (exact) mass is 335 g/mol. The Bertz CT molecular complexity index is 641. The molecule has 1 aromatic carbocycles. The molecule has 20 heavy (non-hydrogen) atoms. The average molecular weight is 336 g/mol. The van der Waals surface area contributed by atoms with Gasteiger partial charge in [-0.2, -0.15) is 0 Å². The number of carbonyl (C=O) groups excluding carboxylic acids is 1. The van der Waals surface area contributed by atoms with Crippen LogP contribution in [0.4, 0.5) is 0 Å². The maximum atomic E-state index is 11.6. The van der Waals surface area contributed by atoms with E-state index in [1.54, 1.807) is 0 Å². The molecule has 2 N–H and O–H groups in total. The van der Waals surface area contributed by atoms with Gasteiger partial charge in [-0.15, -0.1) is 0 Å². The Kier molecular flexibility index (Phi) is 3.94. The third-order valence-electron chi connectivity index (χ3n) is 4.27. The number of aliphatic hydroxyl groups excluding tert-OH is 1. The molecule has 4 heteroatoms. The molecule has 0 saturated heterocycles. The van der Waals surface area contributed by atoms with E-state index in [1.165, 1.54) is 43.1 Å². The normalized spacial score (nSPS) is 16.7. The van der Waals surface area contributed by atoms with Crippen molar-refractivity contribution in [2.24, 2.45) is 0 Å². The first-order valence-corrected chi connectivity index (χ1v) is 7.95. The molecule has 0 amide bonds. The van der Waals surface area contributed by atoms with Crippen molar-refractivity contribution in [3.8, 4) is 0 Å². The number of benzene rings is 1. The zero-order valence-corrected chi connectivity index (χ0v) is 12.9. The van der Waals surface area contributed by atoms with Crippen LogP contribution in [0.3, 0.4) is 0 Å². The van der Waals surface area contributed by atoms with Gasteiger partial charge in [0.25, 0.3) is 0 Å². The van der Waals surface area contributed by atoms with Gasteiger partial charge in [0.1, 0.15) is 6.61 Å². The van der Waals surface area contributed by atoms with Crippen LogP contribution >= 0.6 is 15.9 Å². The predicted molar refractivity (Wildman–Crippen MR) is 83.2 cm³/mol. The Morgan fingerprint density at radius 1 is 1.30 bits per heavy atom. The molecule has 1 heterocycles. The number of aliphatic hydroxyl groups is 1. The Labute approximate surface area is 126 Å². The van der Waals surface area contributed by atoms with Crippen LogP contribution in [-0.2, 0) is 0 Å². The van der Waals surface area contributed by atoms with Crippen LogP contribution in [0.1, 0.15) is 53.9 Å². The van der Waals surface area contributed by atoms with Gasteiger partial charge in [-0.1, -0.05) is 31.4 Å². The lowest BCUT2D eigenvalue weighted by atomic mass is 9.84. The molecule has 0 aliphatic heterocycles. The van der Waals surface area contributed by atoms with Crippen molar-refractivity contribution in [2.45, 2.75) is 38.0 Å². The summed E-state index contributed by atoms with van der Waals surface area (Å²) in [5.74, 6) is 0.364. The molecule has 1 aliphatic rings. The number of ketones is 1. The van der Waals surface area contributed by atoms with Crippen molar-refractivity contribution in [2.75, 3.05) is 6.61 Å². The molecule has 106 valence electrons. The molecule has 0 bridgehead atoms. The summed E-state index contributed by atoms with van der Waals surface area (Å²) in [6, 6.07) is 5.65. The molecule has 1 saturated carbocycles. The number of carbonyl (C=O) groups is 1. The molecule has 1 fully saturated rings. The Hall–Kier alpha value is -1.13. The number of hydrogen-bond donors (Lipinski definition) is 2. The van der Waals surface area contributed by atoms with Gasteiger partial charge < -0.3 is 10.1 Å². The minimum absolute atomic E-state index is 0.239. The van der Waals surface area contributed by atoms with Crippen molar-refractivity contribution < 1.29 is 9.90 Å². The lowest BCUT2D eigenvalue weighted by molar-refractivity contribution is 0.0904. The SMILES string of the molecule is O=C(CO)c1ccc2c(C3CCCCC3)c(Br)[nH]c2c1. The Morgan fingerprint density at radius 2 is 2.05 bits per heavy atom. The minimum atomic E-state index is -0.442. The number of hydrogen-bond acceptors (Lipinski definition) is 2. The number of aromatic nitrogens is 1. The van der Waals surface area contributed by atoms with Gasteiger partial charge in [0.2, 0.25) is 0 Å². The average Bonchev–Trinajstić information content (AvgIpc) is 2.82. The van der Waals surface area contributed by atoms with Crippen LogP contribution in [-0.4, -0.2) is 22.5 Å². The highest BCUT2D eigenvalue weighted by Gasteiger charge is 2.22. The van der Waals surface area contributed by atoms with Crippen LogP contribution in [0.15, 0.2) is 22.8 Å². The second kappa shape index (κ2) is 5.70. The first-order valence-electron chi connectivity index (χ1n) is 7.16. The summed E-state index contributed by atoms with van der Waals surface area (Å²) in [5.41, 5.74) is 2.88. The van der Waals surface area contributed by atoms with E-state index in [2.05, 4.69) is 20.9 Å². The van der Waals surface area contributed by atoms with Crippen LogP contribution in [0.25, 0.3) is 10.9 Å². The van der Waals surface area contributed by atoms with Gasteiger partial charge >= 0.3 is 0 Å². The van der Waals surface area contributed by atoms with E-state index < -0.39 is 6.61 Å². The third kappa shape index (κ3) is 2.42. The molecule has 0 atom stereocenters. The topological polar surface area (TPSA) is 53.1 Å². The fraction of sp³-hybridized carbons (Fsp3) is 0.438. The summed E-state index contributed by atoms with van der Waals surface area (Å²) in [7, 11) is 0. The van der Waals surface area contributed by atoms with Crippen molar-refractivity contribution in [3.05, 3.63) is 33.9 Å². The summed E-state index contributed by atoms with van der Waals surface area (Å²) in [5, 5.41) is 10.1. The summed E-state index contributed by atoms with van der Waals surface area (Å²) in [6.45, 7) is -0.442. The van der Waals surface area contributed by atoms with E-state index in [4.69, 9.17) is 5.11 Å². The molecular weight excluding hydrogens is 318 g/mol. The smallest absolute Gasteiger partial charge is 0.188 e. The van der Waals surface area contributed by atoms with E-state index >= 15 is 0 Å². The maximum absolute atomic E-state index is 11.6. The van der Waals surface area contributed by atoms with Gasteiger partial charge in [0.05, 0.1) is 4.60 Å². The summed E-state index contributed by atoms with van der Waals surface area (Å²) in [6.07, 6.45) is 6.41. The summed E-state index contributed by atoms with van der Waals surface area (Å²) >= 11 is 3.63. The van der Waals surface area contributed by atoms with E-state index in [1.807, 2.05) is 18.2 Å². The Morgan fingerprint density at radius 3 is 2.75 bits per heavy atom. The van der Waals surface area contributed by atoms with Crippen molar-refractivity contribution in [1.29, 1.82) is 0 Å². The first-order chi connectivity index (χ1) is 9.70. The lowest BCUT2D eigenvalue weighted by Gasteiger charge is -2.21. The molecule has 0 radical (unpaired) electrons. The van der Waals surface area contributed by atoms with Gasteiger partial charge in [0, 0.05) is 16.5 Å². The zero-order valence-electron chi connectivity index (χ0n) is 11.3. The van der Waals surface area contributed by atoms with Gasteiger partial charge in [-0.25, -0.2) is 0 Å². The van der Waals surface area contributed by atoms with Crippen molar-refractivity contribution in [3.63, 3.8) is 0 Å². The van der Waals surface area contributed by atoms with Crippen molar-refractivity contribution in [1.82, 2.24) is 4.98 Å². The second-order valence-electron chi connectivity index (χ2n) is 5.53. The van der Waals surface area contributed by atoms with Gasteiger partial charge in [-0.05, 0) is 46.3 Å². The van der Waals surface area contributed by atoms with Crippen LogP contribution in [0.5, 0.6) is 0 Å². The number of nitrogens with one attached hydrogen (secondary N) is 1. The van der Waals surface area contributed by atoms with Crippen LogP contribution in [0.2, 0.25) is 0 Å². The molecule has 1 aromatic heterocycles. The van der Waals surface area contributed by atoms with E-state index in [9.17, 15) is 4.79 Å². The highest BCUT2D eigenvalue weighted by atomic mass is 79.9. The number of H-pyrrole nitrogens is 1. The Balaban J connectivity index is 2.05. The maximum Gasteiger partial charge on any atom is 0.188 e. The van der Waals surface area contributed by atoms with Crippen LogP contribution in [0, 0.1) is 0 Å².